The summed E-state index contributed by atoms with van der Waals surface area (Å²) < 4.78 is 10.4. The Kier molecular flexibility index (Phi) is 4.90. The van der Waals surface area contributed by atoms with E-state index in [0.717, 1.165) is 12.8 Å². The van der Waals surface area contributed by atoms with Gasteiger partial charge >= 0.3 is 5.97 Å². The van der Waals surface area contributed by atoms with Crippen molar-refractivity contribution in [3.63, 3.8) is 0 Å². The molecule has 1 aliphatic carbocycles. The molecule has 4 nitrogen and oxygen atoms in total. The van der Waals surface area contributed by atoms with Crippen LogP contribution in [0.25, 0.3) is 0 Å². The molecule has 82 valence electrons. The van der Waals surface area contributed by atoms with Gasteiger partial charge in [0.2, 0.25) is 0 Å². The summed E-state index contributed by atoms with van der Waals surface area (Å²) in [6, 6.07) is -0.324. The van der Waals surface area contributed by atoms with Crippen molar-refractivity contribution in [2.45, 2.75) is 38.3 Å². The number of carbonyl (C=O) groups is 1. The molecular formula is C10H19NO3. The number of rotatable bonds is 6. The number of hydrogen-bond acceptors (Lipinski definition) is 4. The van der Waals surface area contributed by atoms with Crippen LogP contribution >= 0.6 is 0 Å². The van der Waals surface area contributed by atoms with Gasteiger partial charge in [0.15, 0.2) is 0 Å². The van der Waals surface area contributed by atoms with Crippen LogP contribution in [0, 0.1) is 0 Å². The molecule has 0 spiro atoms. The van der Waals surface area contributed by atoms with Gasteiger partial charge in [-0.2, -0.15) is 0 Å². The lowest BCUT2D eigenvalue weighted by molar-refractivity contribution is -0.148. The van der Waals surface area contributed by atoms with Crippen LogP contribution in [0.1, 0.15) is 26.2 Å². The standard InChI is InChI=1S/C10H19NO3/c1-3-13-10(12)9(11-2)7-14-8-5-4-6-8/h8-9,11H,3-7H2,1-2H3. The molecule has 0 saturated heterocycles. The molecule has 0 radical (unpaired) electrons. The lowest BCUT2D eigenvalue weighted by atomic mass is 9.96. The van der Waals surface area contributed by atoms with Crippen LogP contribution in [0.2, 0.25) is 0 Å². The van der Waals surface area contributed by atoms with Crippen molar-refractivity contribution in [2.24, 2.45) is 0 Å². The molecule has 1 atom stereocenters. The van der Waals surface area contributed by atoms with Gasteiger partial charge in [0, 0.05) is 0 Å². The van der Waals surface area contributed by atoms with E-state index in [0.29, 0.717) is 19.3 Å². The van der Waals surface area contributed by atoms with E-state index in [-0.39, 0.29) is 12.0 Å². The average Bonchev–Trinajstić information content (AvgIpc) is 2.09. The Hall–Kier alpha value is -0.610. The van der Waals surface area contributed by atoms with Crippen LogP contribution < -0.4 is 5.32 Å². The minimum absolute atomic E-state index is 0.227. The molecule has 1 N–H and O–H groups in total. The number of hydrogen-bond donors (Lipinski definition) is 1. The molecule has 4 heteroatoms. The summed E-state index contributed by atoms with van der Waals surface area (Å²) in [5, 5.41) is 2.89. The van der Waals surface area contributed by atoms with Gasteiger partial charge in [-0.05, 0) is 33.2 Å². The van der Waals surface area contributed by atoms with E-state index in [4.69, 9.17) is 9.47 Å². The zero-order valence-electron chi connectivity index (χ0n) is 8.91. The largest absolute Gasteiger partial charge is 0.465 e. The van der Waals surface area contributed by atoms with Crippen molar-refractivity contribution < 1.29 is 14.3 Å². The molecule has 0 heterocycles. The van der Waals surface area contributed by atoms with Gasteiger partial charge in [-0.15, -0.1) is 0 Å². The Balaban J connectivity index is 2.19. The molecule has 0 bridgehead atoms. The van der Waals surface area contributed by atoms with Gasteiger partial charge in [0.25, 0.3) is 0 Å². The SMILES string of the molecule is CCOC(=O)C(COC1CCC1)NC. The molecule has 0 aromatic rings. The Morgan fingerprint density at radius 2 is 2.29 bits per heavy atom. The molecule has 0 aromatic carbocycles. The summed E-state index contributed by atoms with van der Waals surface area (Å²) in [6.07, 6.45) is 3.85. The summed E-state index contributed by atoms with van der Waals surface area (Å²) in [5.41, 5.74) is 0. The zero-order valence-corrected chi connectivity index (χ0v) is 8.91. The van der Waals surface area contributed by atoms with E-state index < -0.39 is 0 Å². The maximum Gasteiger partial charge on any atom is 0.325 e. The first-order chi connectivity index (χ1) is 6.77. The maximum atomic E-state index is 11.3. The first-order valence-electron chi connectivity index (χ1n) is 5.23. The van der Waals surface area contributed by atoms with E-state index in [1.54, 1.807) is 14.0 Å². The molecule has 1 fully saturated rings. The minimum Gasteiger partial charge on any atom is -0.465 e. The topological polar surface area (TPSA) is 47.6 Å². The van der Waals surface area contributed by atoms with Crippen molar-refractivity contribution >= 4 is 5.97 Å². The molecule has 0 aromatic heterocycles. The summed E-state index contributed by atoms with van der Waals surface area (Å²) in [5.74, 6) is -0.227. The maximum absolute atomic E-state index is 11.3. The first kappa shape index (κ1) is 11.5. The van der Waals surface area contributed by atoms with Crippen molar-refractivity contribution in [3.05, 3.63) is 0 Å². The molecule has 1 saturated carbocycles. The number of nitrogens with one attached hydrogen (secondary N) is 1. The van der Waals surface area contributed by atoms with Crippen molar-refractivity contribution in [3.8, 4) is 0 Å². The molecule has 1 rings (SSSR count). The van der Waals surface area contributed by atoms with E-state index >= 15 is 0 Å². The van der Waals surface area contributed by atoms with E-state index in [9.17, 15) is 4.79 Å². The van der Waals surface area contributed by atoms with Crippen LogP contribution in [0.3, 0.4) is 0 Å². The van der Waals surface area contributed by atoms with E-state index in [1.165, 1.54) is 6.42 Å². The monoisotopic (exact) mass is 201 g/mol. The summed E-state index contributed by atoms with van der Waals surface area (Å²) in [4.78, 5) is 11.3. The second-order valence-electron chi connectivity index (χ2n) is 3.48. The predicted molar refractivity (Wildman–Crippen MR) is 53.1 cm³/mol. The number of esters is 1. The van der Waals surface area contributed by atoms with Crippen molar-refractivity contribution in [1.82, 2.24) is 5.32 Å². The average molecular weight is 201 g/mol. The summed E-state index contributed by atoms with van der Waals surface area (Å²) >= 11 is 0. The van der Waals surface area contributed by atoms with E-state index in [2.05, 4.69) is 5.32 Å². The van der Waals surface area contributed by atoms with Crippen LogP contribution in [-0.2, 0) is 14.3 Å². The fourth-order valence-corrected chi connectivity index (χ4v) is 1.28. The van der Waals surface area contributed by atoms with Gasteiger partial charge in [0.05, 0.1) is 19.3 Å². The molecule has 1 unspecified atom stereocenters. The predicted octanol–water partition coefficient (Wildman–Crippen LogP) is 0.707. The first-order valence-corrected chi connectivity index (χ1v) is 5.23. The van der Waals surface area contributed by atoms with Crippen LogP contribution in [0.4, 0.5) is 0 Å². The fraction of sp³-hybridized carbons (Fsp3) is 0.900. The smallest absolute Gasteiger partial charge is 0.325 e. The summed E-state index contributed by atoms with van der Waals surface area (Å²) in [7, 11) is 1.74. The van der Waals surface area contributed by atoms with Gasteiger partial charge in [0.1, 0.15) is 6.04 Å². The molecule has 0 aliphatic heterocycles. The Morgan fingerprint density at radius 1 is 1.57 bits per heavy atom. The molecule has 14 heavy (non-hydrogen) atoms. The van der Waals surface area contributed by atoms with Crippen LogP contribution in [-0.4, -0.2) is 38.4 Å². The quantitative estimate of drug-likeness (QED) is 0.643. The lowest BCUT2D eigenvalue weighted by Gasteiger charge is -2.27. The molecular weight excluding hydrogens is 182 g/mol. The third kappa shape index (κ3) is 3.27. The Labute approximate surface area is 85.0 Å². The number of likely N-dealkylation sites (N-methyl/N-ethyl adjacent to an activating group) is 1. The highest BCUT2D eigenvalue weighted by Crippen LogP contribution is 2.21. The fourth-order valence-electron chi connectivity index (χ4n) is 1.28. The van der Waals surface area contributed by atoms with Gasteiger partial charge in [-0.3, -0.25) is 4.79 Å². The van der Waals surface area contributed by atoms with Crippen molar-refractivity contribution in [2.75, 3.05) is 20.3 Å². The second kappa shape index (κ2) is 5.98. The van der Waals surface area contributed by atoms with Gasteiger partial charge in [-0.1, -0.05) is 0 Å². The third-order valence-electron chi connectivity index (χ3n) is 2.47. The zero-order chi connectivity index (χ0) is 10.4. The summed E-state index contributed by atoms with van der Waals surface area (Å²) in [6.45, 7) is 2.64. The Bertz CT molecular complexity index is 180. The number of ether oxygens (including phenoxy) is 2. The van der Waals surface area contributed by atoms with Gasteiger partial charge < -0.3 is 14.8 Å². The second-order valence-corrected chi connectivity index (χ2v) is 3.48. The minimum atomic E-state index is -0.324. The third-order valence-corrected chi connectivity index (χ3v) is 2.47. The normalized spacial score (nSPS) is 18.7. The number of carbonyl (C=O) groups excluding carboxylic acids is 1. The highest BCUT2D eigenvalue weighted by Gasteiger charge is 2.23. The van der Waals surface area contributed by atoms with Crippen LogP contribution in [0.15, 0.2) is 0 Å². The van der Waals surface area contributed by atoms with Crippen molar-refractivity contribution in [1.29, 1.82) is 0 Å². The Morgan fingerprint density at radius 3 is 2.71 bits per heavy atom. The molecule has 1 aliphatic rings. The highest BCUT2D eigenvalue weighted by molar-refractivity contribution is 5.75. The van der Waals surface area contributed by atoms with Crippen LogP contribution in [0.5, 0.6) is 0 Å². The molecule has 0 amide bonds. The van der Waals surface area contributed by atoms with E-state index in [1.807, 2.05) is 0 Å². The highest BCUT2D eigenvalue weighted by atomic mass is 16.5. The van der Waals surface area contributed by atoms with Gasteiger partial charge in [-0.25, -0.2) is 0 Å². The lowest BCUT2D eigenvalue weighted by Crippen LogP contribution is -2.41.